The van der Waals surface area contributed by atoms with E-state index >= 15 is 4.39 Å². The minimum Gasteiger partial charge on any atom is -0.460 e. The van der Waals surface area contributed by atoms with Crippen LogP contribution >= 0.6 is 31.1 Å². The smallest absolute Gasteiger partial charge is 0.459 e. The topological polar surface area (TPSA) is 137 Å². The number of carbonyl (C=O) groups is 1. The number of thioether (sulfide) groups is 1. The Morgan fingerprint density at radius 2 is 2.05 bits per heavy atom. The van der Waals surface area contributed by atoms with Gasteiger partial charge < -0.3 is 19.9 Å². The maximum absolute atomic E-state index is 15.1. The highest BCUT2D eigenvalue weighted by molar-refractivity contribution is 8.00. The molecule has 1 aromatic heterocycles. The number of alkyl halides is 1. The second kappa shape index (κ2) is 12.7. The molecular weight excluding hydrogens is 589 g/mol. The maximum Gasteiger partial charge on any atom is 0.459 e. The summed E-state index contributed by atoms with van der Waals surface area (Å²) in [5.41, 5.74) is 5.49. The molecule has 214 valence electrons. The number of hydrogen-bond acceptors (Lipinski definition) is 8. The molecule has 1 fully saturated rings. The normalized spacial score (nSPS) is 21.1. The number of carbonyl (C=O) groups excluding carboxylic acids is 1. The van der Waals surface area contributed by atoms with Crippen molar-refractivity contribution in [3.05, 3.63) is 87.7 Å². The van der Waals surface area contributed by atoms with E-state index in [0.29, 0.717) is 5.56 Å². The van der Waals surface area contributed by atoms with Crippen LogP contribution in [0.15, 0.2) is 65.6 Å². The Morgan fingerprint density at radius 1 is 1.32 bits per heavy atom. The molecule has 1 aliphatic rings. The van der Waals surface area contributed by atoms with Crippen LogP contribution in [0.5, 0.6) is 5.75 Å². The van der Waals surface area contributed by atoms with Crippen molar-refractivity contribution >= 4 is 42.9 Å². The summed E-state index contributed by atoms with van der Waals surface area (Å²) in [6.07, 6.45) is -0.290. The first-order valence-corrected chi connectivity index (χ1v) is 14.9. The molecule has 1 unspecified atom stereocenters. The molecule has 0 spiro atoms. The number of rotatable bonds is 10. The van der Waals surface area contributed by atoms with Gasteiger partial charge >= 0.3 is 19.4 Å². The number of aromatic nitrogens is 2. The second-order valence-electron chi connectivity index (χ2n) is 8.99. The fourth-order valence-corrected chi connectivity index (χ4v) is 7.23. The molecule has 2 heterocycles. The highest BCUT2D eigenvalue weighted by Gasteiger charge is 2.45. The molecule has 40 heavy (non-hydrogen) atoms. The van der Waals surface area contributed by atoms with E-state index in [1.807, 2.05) is 0 Å². The average molecular weight is 615 g/mol. The number of benzene rings is 2. The molecule has 1 aliphatic heterocycles. The Labute approximate surface area is 237 Å². The lowest BCUT2D eigenvalue weighted by atomic mass is 10.2. The van der Waals surface area contributed by atoms with E-state index in [1.165, 1.54) is 25.3 Å². The largest absolute Gasteiger partial charge is 0.460 e. The van der Waals surface area contributed by atoms with Crippen LogP contribution in [0.25, 0.3) is 0 Å². The van der Waals surface area contributed by atoms with Crippen molar-refractivity contribution in [1.29, 1.82) is 0 Å². The fraction of sp³-hybridized carbons (Fsp3) is 0.320. The molecule has 0 aliphatic carbocycles. The molecule has 15 heteroatoms. The number of hydrogen-bond donors (Lipinski definition) is 2. The molecular formula is C25H26ClF2N4O6PS. The Morgan fingerprint density at radius 3 is 2.73 bits per heavy atom. The van der Waals surface area contributed by atoms with Crippen LogP contribution in [0.3, 0.4) is 0 Å². The Hall–Kier alpha value is -2.96. The second-order valence-corrected chi connectivity index (χ2v) is 12.5. The quantitative estimate of drug-likeness (QED) is 0.247. The lowest BCUT2D eigenvalue weighted by Crippen LogP contribution is -2.42. The van der Waals surface area contributed by atoms with E-state index < -0.39 is 48.1 Å². The molecule has 4 rings (SSSR count). The zero-order valence-corrected chi connectivity index (χ0v) is 23.6. The molecule has 3 aromatic rings. The van der Waals surface area contributed by atoms with Crippen molar-refractivity contribution in [3.63, 3.8) is 0 Å². The van der Waals surface area contributed by atoms with Crippen LogP contribution in [-0.2, 0) is 20.7 Å². The third-order valence-corrected chi connectivity index (χ3v) is 9.54. The van der Waals surface area contributed by atoms with Crippen molar-refractivity contribution in [2.75, 3.05) is 12.3 Å². The third kappa shape index (κ3) is 7.21. The van der Waals surface area contributed by atoms with Gasteiger partial charge in [0.05, 0.1) is 5.02 Å². The maximum atomic E-state index is 15.1. The first-order valence-electron chi connectivity index (χ1n) is 12.0. The monoisotopic (exact) mass is 614 g/mol. The first-order chi connectivity index (χ1) is 18.9. The minimum atomic E-state index is -4.86. The number of halogens is 3. The highest BCUT2D eigenvalue weighted by atomic mass is 35.5. The predicted molar refractivity (Wildman–Crippen MR) is 147 cm³/mol. The molecule has 1 saturated heterocycles. The van der Waals surface area contributed by atoms with E-state index in [4.69, 9.17) is 26.6 Å². The Bertz CT molecular complexity index is 1470. The molecule has 0 amide bonds. The van der Waals surface area contributed by atoms with Crippen molar-refractivity contribution in [1.82, 2.24) is 14.2 Å². The Kier molecular flexibility index (Phi) is 9.52. The van der Waals surface area contributed by atoms with Crippen LogP contribution in [0.2, 0.25) is 5.02 Å². The van der Waals surface area contributed by atoms with Gasteiger partial charge in [0.15, 0.2) is 0 Å². The van der Waals surface area contributed by atoms with Gasteiger partial charge in [-0.3, -0.25) is 9.36 Å². The molecule has 2 aromatic carbocycles. The summed E-state index contributed by atoms with van der Waals surface area (Å²) >= 11 is 6.73. The van der Waals surface area contributed by atoms with E-state index in [-0.39, 0.29) is 36.2 Å². The SMILES string of the molecule is C[C@@H](C(=O)OCc1ccccc1)N(C[C@@H]1C[C@H](F)[C@H](n2ccc(N)nc2=O)S1)P(=O)(O)Oc1ccc(Cl)c(F)c1. The predicted octanol–water partition coefficient (Wildman–Crippen LogP) is 4.57. The van der Waals surface area contributed by atoms with Crippen LogP contribution in [0.4, 0.5) is 14.6 Å². The lowest BCUT2D eigenvalue weighted by Gasteiger charge is -2.32. The van der Waals surface area contributed by atoms with E-state index in [0.717, 1.165) is 33.1 Å². The van der Waals surface area contributed by atoms with Crippen LogP contribution in [0.1, 0.15) is 24.3 Å². The van der Waals surface area contributed by atoms with Gasteiger partial charge in [-0.2, -0.15) is 9.65 Å². The summed E-state index contributed by atoms with van der Waals surface area (Å²) in [6.45, 7) is 0.960. The molecule has 0 radical (unpaired) electrons. The zero-order valence-electron chi connectivity index (χ0n) is 21.1. The summed E-state index contributed by atoms with van der Waals surface area (Å²) in [5.74, 6) is -2.03. The standard InChI is InChI=1S/C25H26ClF2N4O6PS/c1-15(24(33)37-14-16-5-3-2-4-6-16)32(39(35,36)38-17-7-8-19(26)20(27)11-17)13-18-12-21(28)23(40-18)31-10-9-22(29)30-25(31)34/h2-11,15,18,21,23H,12-14H2,1H3,(H,35,36)(H2,29,30,34)/t15-,18-,21-,23+/m0/s1. The van der Waals surface area contributed by atoms with E-state index in [9.17, 15) is 23.4 Å². The summed E-state index contributed by atoms with van der Waals surface area (Å²) in [6, 6.07) is 12.0. The van der Waals surface area contributed by atoms with Gasteiger partial charge in [-0.25, -0.2) is 18.1 Å². The number of ether oxygens (including phenoxy) is 1. The number of nitrogens with two attached hydrogens (primary N) is 1. The zero-order chi connectivity index (χ0) is 29.0. The van der Waals surface area contributed by atoms with E-state index in [1.54, 1.807) is 30.3 Å². The highest BCUT2D eigenvalue weighted by Crippen LogP contribution is 2.51. The summed E-state index contributed by atoms with van der Waals surface area (Å²) in [4.78, 5) is 39.9. The molecule has 10 nitrogen and oxygen atoms in total. The summed E-state index contributed by atoms with van der Waals surface area (Å²) in [5, 5.41) is -1.85. The average Bonchev–Trinajstić information content (AvgIpc) is 3.27. The van der Waals surface area contributed by atoms with Gasteiger partial charge in [0.2, 0.25) is 0 Å². The van der Waals surface area contributed by atoms with Crippen molar-refractivity contribution in [3.8, 4) is 5.75 Å². The Balaban J connectivity index is 1.56. The number of esters is 1. The summed E-state index contributed by atoms with van der Waals surface area (Å²) < 4.78 is 55.2. The van der Waals surface area contributed by atoms with Crippen LogP contribution < -0.4 is 15.9 Å². The van der Waals surface area contributed by atoms with Gasteiger partial charge in [0.25, 0.3) is 0 Å². The fourth-order valence-electron chi connectivity index (χ4n) is 4.07. The van der Waals surface area contributed by atoms with Crippen molar-refractivity contribution < 1.29 is 32.3 Å². The van der Waals surface area contributed by atoms with Gasteiger partial charge in [-0.1, -0.05) is 41.9 Å². The van der Waals surface area contributed by atoms with Gasteiger partial charge in [0, 0.05) is 24.1 Å². The van der Waals surface area contributed by atoms with Crippen molar-refractivity contribution in [2.45, 2.75) is 42.8 Å². The first kappa shape index (κ1) is 30.0. The number of anilines is 1. The molecule has 5 atom stereocenters. The van der Waals surface area contributed by atoms with Gasteiger partial charge in [-0.05, 0) is 37.1 Å². The number of nitrogen functional groups attached to an aromatic ring is 1. The third-order valence-electron chi connectivity index (χ3n) is 6.10. The molecule has 3 N–H and O–H groups in total. The summed E-state index contributed by atoms with van der Waals surface area (Å²) in [7, 11) is -4.86. The van der Waals surface area contributed by atoms with Gasteiger partial charge in [0.1, 0.15) is 41.6 Å². The van der Waals surface area contributed by atoms with Crippen LogP contribution in [-0.4, -0.2) is 49.1 Å². The minimum absolute atomic E-state index is 0.0118. The van der Waals surface area contributed by atoms with Gasteiger partial charge in [-0.15, -0.1) is 11.8 Å². The molecule has 0 saturated carbocycles. The van der Waals surface area contributed by atoms with E-state index in [2.05, 4.69) is 4.98 Å². The van der Waals surface area contributed by atoms with Crippen LogP contribution in [0, 0.1) is 5.82 Å². The van der Waals surface area contributed by atoms with Crippen molar-refractivity contribution in [2.24, 2.45) is 0 Å². The lowest BCUT2D eigenvalue weighted by molar-refractivity contribution is -0.149. The number of nitrogens with zero attached hydrogens (tertiary/aromatic N) is 3. The molecule has 0 bridgehead atoms.